The van der Waals surface area contributed by atoms with Gasteiger partial charge in [-0.05, 0) is 30.8 Å². The van der Waals surface area contributed by atoms with E-state index >= 15 is 0 Å². The summed E-state index contributed by atoms with van der Waals surface area (Å²) in [5.41, 5.74) is 1.13. The number of para-hydroxylation sites is 1. The number of hydrogen-bond donors (Lipinski definition) is 2. The highest BCUT2D eigenvalue weighted by atomic mass is 32.2. The van der Waals surface area contributed by atoms with Crippen molar-refractivity contribution in [2.45, 2.75) is 24.9 Å². The zero-order valence-corrected chi connectivity index (χ0v) is 16.6. The number of aromatic amines is 1. The lowest BCUT2D eigenvalue weighted by molar-refractivity contribution is -0.118. The average Bonchev–Trinajstić information content (AvgIpc) is 2.97. The molecule has 0 spiro atoms. The van der Waals surface area contributed by atoms with Crippen LogP contribution >= 0.6 is 35.3 Å². The topological polar surface area (TPSA) is 79.8 Å². The summed E-state index contributed by atoms with van der Waals surface area (Å²) in [7, 11) is 0. The molecule has 0 aliphatic carbocycles. The fourth-order valence-electron chi connectivity index (χ4n) is 2.36. The molecule has 0 unspecified atom stereocenters. The first-order valence-corrected chi connectivity index (χ1v) is 10.4. The molecule has 0 bridgehead atoms. The third-order valence-electron chi connectivity index (χ3n) is 3.63. The molecule has 0 fully saturated rings. The summed E-state index contributed by atoms with van der Waals surface area (Å²) < 4.78 is 2.83. The number of amides is 1. The second-order valence-electron chi connectivity index (χ2n) is 5.55. The van der Waals surface area contributed by atoms with Crippen LogP contribution in [0.5, 0.6) is 0 Å². The lowest BCUT2D eigenvalue weighted by atomic mass is 10.3. The van der Waals surface area contributed by atoms with Gasteiger partial charge in [0.25, 0.3) is 5.56 Å². The first kappa shape index (κ1) is 18.8. The first-order chi connectivity index (χ1) is 12.6. The number of carbonyl (C=O) groups excluding carboxylic acids is 1. The van der Waals surface area contributed by atoms with Crippen molar-refractivity contribution in [3.05, 3.63) is 44.6 Å². The number of rotatable bonds is 7. The molecular weight excluding hydrogens is 388 g/mol. The van der Waals surface area contributed by atoms with Gasteiger partial charge in [-0.1, -0.05) is 54.6 Å². The number of thioether (sulfide) groups is 1. The molecule has 2 aromatic heterocycles. The van der Waals surface area contributed by atoms with E-state index in [1.54, 1.807) is 4.57 Å². The SMILES string of the molecule is CCCCNC(=O)CSc1nc2c(sc(=S)n2-c2ccccc2)c(=O)[nH]1. The van der Waals surface area contributed by atoms with Crippen LogP contribution in [0.15, 0.2) is 40.3 Å². The van der Waals surface area contributed by atoms with Crippen LogP contribution in [0.2, 0.25) is 0 Å². The molecule has 3 aromatic rings. The highest BCUT2D eigenvalue weighted by Crippen LogP contribution is 2.24. The Morgan fingerprint density at radius 2 is 2.15 bits per heavy atom. The lowest BCUT2D eigenvalue weighted by Crippen LogP contribution is -2.26. The van der Waals surface area contributed by atoms with Crippen LogP contribution in [0.4, 0.5) is 0 Å². The number of benzene rings is 1. The fourth-order valence-corrected chi connectivity index (χ4v) is 4.31. The number of aromatic nitrogens is 3. The van der Waals surface area contributed by atoms with Crippen LogP contribution < -0.4 is 10.9 Å². The summed E-state index contributed by atoms with van der Waals surface area (Å²) >= 11 is 7.86. The van der Waals surface area contributed by atoms with E-state index in [2.05, 4.69) is 22.2 Å². The number of hydrogen-bond acceptors (Lipinski definition) is 6. The minimum Gasteiger partial charge on any atom is -0.355 e. The van der Waals surface area contributed by atoms with Crippen LogP contribution in [0.1, 0.15) is 19.8 Å². The van der Waals surface area contributed by atoms with Crippen LogP contribution in [0, 0.1) is 3.95 Å². The van der Waals surface area contributed by atoms with E-state index in [0.717, 1.165) is 18.5 Å². The summed E-state index contributed by atoms with van der Waals surface area (Å²) in [6, 6.07) is 9.56. The van der Waals surface area contributed by atoms with Crippen molar-refractivity contribution >= 4 is 51.6 Å². The maximum Gasteiger partial charge on any atom is 0.271 e. The zero-order chi connectivity index (χ0) is 18.5. The van der Waals surface area contributed by atoms with Gasteiger partial charge in [-0.2, -0.15) is 0 Å². The standard InChI is InChI=1S/C17H18N4O2S3/c1-2-3-9-18-12(22)10-25-16-19-14-13(15(23)20-16)26-17(24)21(14)11-7-5-4-6-8-11/h4-8H,2-3,9-10H2,1H3,(H,18,22)(H,19,20,23). The number of fused-ring (bicyclic) bond motifs is 1. The van der Waals surface area contributed by atoms with Gasteiger partial charge in [-0.3, -0.25) is 14.2 Å². The van der Waals surface area contributed by atoms with Gasteiger partial charge in [0.1, 0.15) is 4.70 Å². The molecule has 3 rings (SSSR count). The number of carbonyl (C=O) groups is 1. The molecule has 0 saturated carbocycles. The van der Waals surface area contributed by atoms with E-state index in [1.165, 1.54) is 23.1 Å². The summed E-state index contributed by atoms with van der Waals surface area (Å²) in [6.07, 6.45) is 1.98. The van der Waals surface area contributed by atoms with E-state index in [0.29, 0.717) is 26.0 Å². The molecule has 0 radical (unpaired) electrons. The smallest absolute Gasteiger partial charge is 0.271 e. The van der Waals surface area contributed by atoms with E-state index in [-0.39, 0.29) is 17.2 Å². The second-order valence-corrected chi connectivity index (χ2v) is 8.16. The molecule has 136 valence electrons. The van der Waals surface area contributed by atoms with Crippen LogP contribution in [-0.4, -0.2) is 32.7 Å². The molecular formula is C17H18N4O2S3. The predicted molar refractivity (Wildman–Crippen MR) is 109 cm³/mol. The van der Waals surface area contributed by atoms with Gasteiger partial charge in [-0.15, -0.1) is 0 Å². The van der Waals surface area contributed by atoms with E-state index in [9.17, 15) is 9.59 Å². The molecule has 1 aromatic carbocycles. The van der Waals surface area contributed by atoms with E-state index < -0.39 is 0 Å². The van der Waals surface area contributed by atoms with Gasteiger partial charge >= 0.3 is 0 Å². The summed E-state index contributed by atoms with van der Waals surface area (Å²) in [5, 5.41) is 3.26. The molecule has 6 nitrogen and oxygen atoms in total. The summed E-state index contributed by atoms with van der Waals surface area (Å²) in [4.78, 5) is 31.5. The molecule has 0 aliphatic heterocycles. The number of nitrogens with one attached hydrogen (secondary N) is 2. The van der Waals surface area contributed by atoms with Crippen molar-refractivity contribution < 1.29 is 4.79 Å². The predicted octanol–water partition coefficient (Wildman–Crippen LogP) is 3.51. The van der Waals surface area contributed by atoms with Crippen molar-refractivity contribution in [3.8, 4) is 5.69 Å². The highest BCUT2D eigenvalue weighted by molar-refractivity contribution is 7.99. The van der Waals surface area contributed by atoms with Crippen LogP contribution in [0.25, 0.3) is 16.0 Å². The molecule has 2 N–H and O–H groups in total. The van der Waals surface area contributed by atoms with Gasteiger partial charge in [0.05, 0.1) is 5.75 Å². The highest BCUT2D eigenvalue weighted by Gasteiger charge is 2.14. The second kappa shape index (κ2) is 8.61. The van der Waals surface area contributed by atoms with Crippen LogP contribution in [0.3, 0.4) is 0 Å². The van der Waals surface area contributed by atoms with Crippen LogP contribution in [-0.2, 0) is 4.79 Å². The third-order valence-corrected chi connectivity index (χ3v) is 5.86. The normalized spacial score (nSPS) is 11.0. The van der Waals surface area contributed by atoms with Crippen molar-refractivity contribution in [1.82, 2.24) is 19.9 Å². The number of H-pyrrole nitrogens is 1. The largest absolute Gasteiger partial charge is 0.355 e. The molecule has 0 saturated heterocycles. The molecule has 26 heavy (non-hydrogen) atoms. The maximum absolute atomic E-state index is 12.4. The van der Waals surface area contributed by atoms with E-state index in [4.69, 9.17) is 12.2 Å². The third kappa shape index (κ3) is 4.22. The minimum absolute atomic E-state index is 0.0728. The summed E-state index contributed by atoms with van der Waals surface area (Å²) in [6.45, 7) is 2.73. The number of unbranched alkanes of at least 4 members (excludes halogenated alkanes) is 1. The maximum atomic E-state index is 12.4. The number of thiazole rings is 1. The quantitative estimate of drug-likeness (QED) is 0.272. The van der Waals surface area contributed by atoms with Gasteiger partial charge in [0, 0.05) is 12.2 Å². The molecule has 9 heteroatoms. The number of nitrogens with zero attached hydrogens (tertiary/aromatic N) is 2. The van der Waals surface area contributed by atoms with Crippen molar-refractivity contribution in [2.24, 2.45) is 0 Å². The van der Waals surface area contributed by atoms with Crippen molar-refractivity contribution in [1.29, 1.82) is 0 Å². The van der Waals surface area contributed by atoms with Gasteiger partial charge in [-0.25, -0.2) is 4.98 Å². The molecule has 2 heterocycles. The molecule has 1 amide bonds. The van der Waals surface area contributed by atoms with Gasteiger partial charge in [0.2, 0.25) is 5.91 Å². The molecule has 0 aliphatic rings. The van der Waals surface area contributed by atoms with E-state index in [1.807, 2.05) is 30.3 Å². The zero-order valence-electron chi connectivity index (χ0n) is 14.2. The Kier molecular flexibility index (Phi) is 6.23. The Hall–Kier alpha value is -1.97. The Labute approximate surface area is 163 Å². The van der Waals surface area contributed by atoms with Gasteiger partial charge < -0.3 is 10.3 Å². The summed E-state index contributed by atoms with van der Waals surface area (Å²) in [5.74, 6) is 0.130. The van der Waals surface area contributed by atoms with Gasteiger partial charge in [0.15, 0.2) is 14.8 Å². The first-order valence-electron chi connectivity index (χ1n) is 8.21. The average molecular weight is 407 g/mol. The Balaban J connectivity index is 1.88. The van der Waals surface area contributed by atoms with Crippen molar-refractivity contribution in [2.75, 3.05) is 12.3 Å². The Morgan fingerprint density at radius 3 is 2.88 bits per heavy atom. The monoisotopic (exact) mass is 406 g/mol. The Bertz CT molecular complexity index is 1020. The lowest BCUT2D eigenvalue weighted by Gasteiger charge is -2.06. The minimum atomic E-state index is -0.241. The van der Waals surface area contributed by atoms with Crippen molar-refractivity contribution in [3.63, 3.8) is 0 Å². The molecule has 0 atom stereocenters. The Morgan fingerprint density at radius 1 is 1.38 bits per heavy atom. The fraction of sp³-hybridized carbons (Fsp3) is 0.294.